The summed E-state index contributed by atoms with van der Waals surface area (Å²) in [7, 11) is 0. The number of benzene rings is 1. The topological polar surface area (TPSA) is 0 Å². The summed E-state index contributed by atoms with van der Waals surface area (Å²) in [5, 5.41) is 0. The highest BCUT2D eigenvalue weighted by molar-refractivity contribution is 6.17. The molecule has 0 fully saturated rings. The van der Waals surface area contributed by atoms with Crippen LogP contribution < -0.4 is 0 Å². The molecule has 0 aliphatic carbocycles. The highest BCUT2D eigenvalue weighted by Gasteiger charge is 2.23. The van der Waals surface area contributed by atoms with Crippen molar-refractivity contribution in [2.75, 3.05) is 5.88 Å². The Labute approximate surface area is 87.9 Å². The first kappa shape index (κ1) is 11.4. The van der Waals surface area contributed by atoms with Gasteiger partial charge in [0, 0.05) is 5.88 Å². The zero-order valence-electron chi connectivity index (χ0n) is 8.28. The van der Waals surface area contributed by atoms with Crippen molar-refractivity contribution in [2.24, 2.45) is 0 Å². The van der Waals surface area contributed by atoms with Gasteiger partial charge in [-0.2, -0.15) is 0 Å². The van der Waals surface area contributed by atoms with Gasteiger partial charge in [-0.05, 0) is 35.6 Å². The lowest BCUT2D eigenvalue weighted by molar-refractivity contribution is 0.465. The van der Waals surface area contributed by atoms with E-state index in [1.54, 1.807) is 0 Å². The second-order valence-corrected chi connectivity index (χ2v) is 4.32. The Kier molecular flexibility index (Phi) is 3.48. The fourth-order valence-electron chi connectivity index (χ4n) is 1.39. The molecular formula is C11H13ClF2. The molecule has 0 heterocycles. The summed E-state index contributed by atoms with van der Waals surface area (Å²) >= 11 is 5.61. The number of hydrogen-bond donors (Lipinski definition) is 0. The van der Waals surface area contributed by atoms with Crippen LogP contribution in [-0.4, -0.2) is 5.88 Å². The fraction of sp³-hybridized carbons (Fsp3) is 0.455. The Balaban J connectivity index is 3.10. The molecule has 0 unspecified atom stereocenters. The smallest absolute Gasteiger partial charge is 0.127 e. The molecule has 3 heteroatoms. The van der Waals surface area contributed by atoms with Crippen molar-refractivity contribution < 1.29 is 8.78 Å². The summed E-state index contributed by atoms with van der Waals surface area (Å²) in [5.41, 5.74) is -0.0355. The van der Waals surface area contributed by atoms with Gasteiger partial charge in [0.25, 0.3) is 0 Å². The van der Waals surface area contributed by atoms with Crippen LogP contribution in [0, 0.1) is 11.6 Å². The van der Waals surface area contributed by atoms with Crippen LogP contribution >= 0.6 is 11.6 Å². The van der Waals surface area contributed by atoms with E-state index in [1.807, 2.05) is 13.8 Å². The normalized spacial score (nSPS) is 11.8. The Morgan fingerprint density at radius 1 is 1.29 bits per heavy atom. The highest BCUT2D eigenvalue weighted by atomic mass is 35.5. The number of rotatable bonds is 3. The standard InChI is InChI=1S/C11H13ClF2/c1-11(2,5-6-12)9-7-8(13)3-4-10(9)14/h3-4,7H,5-6H2,1-2H3. The van der Waals surface area contributed by atoms with E-state index in [2.05, 4.69) is 0 Å². The molecule has 0 aliphatic heterocycles. The second-order valence-electron chi connectivity index (χ2n) is 3.95. The van der Waals surface area contributed by atoms with Crippen molar-refractivity contribution in [3.05, 3.63) is 35.4 Å². The molecule has 0 radical (unpaired) electrons. The van der Waals surface area contributed by atoms with E-state index in [9.17, 15) is 8.78 Å². The van der Waals surface area contributed by atoms with Gasteiger partial charge in [-0.15, -0.1) is 11.6 Å². The van der Waals surface area contributed by atoms with Crippen molar-refractivity contribution in [1.82, 2.24) is 0 Å². The first-order valence-electron chi connectivity index (χ1n) is 4.49. The van der Waals surface area contributed by atoms with Crippen LogP contribution in [0.4, 0.5) is 8.78 Å². The Hall–Kier alpha value is -0.630. The molecule has 0 aliphatic rings. The van der Waals surface area contributed by atoms with Crippen LogP contribution in [0.2, 0.25) is 0 Å². The average Bonchev–Trinajstić information content (AvgIpc) is 2.09. The van der Waals surface area contributed by atoms with E-state index in [0.717, 1.165) is 12.1 Å². The summed E-state index contributed by atoms with van der Waals surface area (Å²) in [4.78, 5) is 0. The van der Waals surface area contributed by atoms with Gasteiger partial charge >= 0.3 is 0 Å². The highest BCUT2D eigenvalue weighted by Crippen LogP contribution is 2.29. The molecule has 0 amide bonds. The fourth-order valence-corrected chi connectivity index (χ4v) is 1.86. The minimum Gasteiger partial charge on any atom is -0.207 e. The van der Waals surface area contributed by atoms with Crippen molar-refractivity contribution in [2.45, 2.75) is 25.7 Å². The van der Waals surface area contributed by atoms with E-state index in [4.69, 9.17) is 11.6 Å². The van der Waals surface area contributed by atoms with Gasteiger partial charge in [-0.25, -0.2) is 8.78 Å². The third-order valence-corrected chi connectivity index (χ3v) is 2.57. The van der Waals surface area contributed by atoms with E-state index >= 15 is 0 Å². The lowest BCUT2D eigenvalue weighted by Gasteiger charge is -2.24. The Bertz CT molecular complexity index is 321. The molecule has 0 spiro atoms. The van der Waals surface area contributed by atoms with Gasteiger partial charge in [-0.3, -0.25) is 0 Å². The second kappa shape index (κ2) is 4.26. The Morgan fingerprint density at radius 3 is 2.50 bits per heavy atom. The first-order valence-corrected chi connectivity index (χ1v) is 5.02. The molecule has 0 bridgehead atoms. The summed E-state index contributed by atoms with van der Waals surface area (Å²) in [6.07, 6.45) is 0.620. The van der Waals surface area contributed by atoms with E-state index in [1.165, 1.54) is 6.07 Å². The molecule has 0 N–H and O–H groups in total. The van der Waals surface area contributed by atoms with Crippen LogP contribution in [0.25, 0.3) is 0 Å². The zero-order chi connectivity index (χ0) is 10.8. The molecule has 0 saturated carbocycles. The molecule has 0 aromatic heterocycles. The zero-order valence-corrected chi connectivity index (χ0v) is 9.04. The minimum atomic E-state index is -0.423. The summed E-state index contributed by atoms with van der Waals surface area (Å²) < 4.78 is 26.3. The van der Waals surface area contributed by atoms with Crippen LogP contribution in [0.15, 0.2) is 18.2 Å². The molecule has 78 valence electrons. The van der Waals surface area contributed by atoms with Crippen molar-refractivity contribution in [1.29, 1.82) is 0 Å². The molecule has 1 rings (SSSR count). The van der Waals surface area contributed by atoms with E-state index in [0.29, 0.717) is 17.9 Å². The van der Waals surface area contributed by atoms with Crippen LogP contribution in [0.5, 0.6) is 0 Å². The number of halogens is 3. The lowest BCUT2D eigenvalue weighted by Crippen LogP contribution is -2.19. The maximum Gasteiger partial charge on any atom is 0.127 e. The predicted octanol–water partition coefficient (Wildman–Crippen LogP) is 3.87. The third-order valence-electron chi connectivity index (χ3n) is 2.38. The van der Waals surface area contributed by atoms with Gasteiger partial charge in [-0.1, -0.05) is 13.8 Å². The Morgan fingerprint density at radius 2 is 1.93 bits per heavy atom. The van der Waals surface area contributed by atoms with Crippen molar-refractivity contribution in [3.8, 4) is 0 Å². The first-order chi connectivity index (χ1) is 6.47. The molecule has 1 aromatic carbocycles. The molecule has 0 atom stereocenters. The van der Waals surface area contributed by atoms with Gasteiger partial charge in [0.1, 0.15) is 11.6 Å². The predicted molar refractivity (Wildman–Crippen MR) is 54.7 cm³/mol. The maximum absolute atomic E-state index is 13.4. The largest absolute Gasteiger partial charge is 0.207 e. The molecule has 0 saturated heterocycles. The van der Waals surface area contributed by atoms with Gasteiger partial charge < -0.3 is 0 Å². The van der Waals surface area contributed by atoms with Gasteiger partial charge in [0.15, 0.2) is 0 Å². The van der Waals surface area contributed by atoms with Crippen LogP contribution in [-0.2, 0) is 5.41 Å². The van der Waals surface area contributed by atoms with Gasteiger partial charge in [0.05, 0.1) is 0 Å². The quantitative estimate of drug-likeness (QED) is 0.676. The van der Waals surface area contributed by atoms with Crippen molar-refractivity contribution in [3.63, 3.8) is 0 Å². The van der Waals surface area contributed by atoms with E-state index < -0.39 is 11.2 Å². The SMILES string of the molecule is CC(C)(CCCl)c1cc(F)ccc1F. The molecular weight excluding hydrogens is 206 g/mol. The molecule has 14 heavy (non-hydrogen) atoms. The molecule has 0 nitrogen and oxygen atoms in total. The average molecular weight is 219 g/mol. The van der Waals surface area contributed by atoms with E-state index in [-0.39, 0.29) is 5.82 Å². The summed E-state index contributed by atoms with van der Waals surface area (Å²) in [6, 6.07) is 3.51. The van der Waals surface area contributed by atoms with Gasteiger partial charge in [0.2, 0.25) is 0 Å². The van der Waals surface area contributed by atoms with Crippen molar-refractivity contribution >= 4 is 11.6 Å². The maximum atomic E-state index is 13.4. The monoisotopic (exact) mass is 218 g/mol. The van der Waals surface area contributed by atoms with Crippen LogP contribution in [0.1, 0.15) is 25.8 Å². The summed E-state index contributed by atoms with van der Waals surface area (Å²) in [6.45, 7) is 3.71. The van der Waals surface area contributed by atoms with Crippen LogP contribution in [0.3, 0.4) is 0 Å². The third kappa shape index (κ3) is 2.44. The number of alkyl halides is 1. The molecule has 1 aromatic rings. The number of hydrogen-bond acceptors (Lipinski definition) is 0. The lowest BCUT2D eigenvalue weighted by atomic mass is 9.82. The minimum absolute atomic E-state index is 0.374. The summed E-state index contributed by atoms with van der Waals surface area (Å²) in [5.74, 6) is -0.353.